The Morgan fingerprint density at radius 2 is 2.05 bits per heavy atom. The molecule has 0 bridgehead atoms. The number of aliphatic carboxylic acids is 1. The average Bonchev–Trinajstić information content (AvgIpc) is 2.65. The van der Waals surface area contributed by atoms with E-state index in [0.29, 0.717) is 5.13 Å². The van der Waals surface area contributed by atoms with Crippen LogP contribution in [0.4, 0.5) is 9.93 Å². The Hall–Kier alpha value is -1.96. The molecule has 1 aromatic heterocycles. The van der Waals surface area contributed by atoms with Gasteiger partial charge in [0.05, 0.1) is 6.42 Å². The van der Waals surface area contributed by atoms with E-state index < -0.39 is 23.3 Å². The van der Waals surface area contributed by atoms with Gasteiger partial charge >= 0.3 is 12.0 Å². The van der Waals surface area contributed by atoms with Crippen molar-refractivity contribution in [3.05, 3.63) is 11.6 Å². The number of hydrogen-bond donors (Lipinski definition) is 3. The lowest BCUT2D eigenvalue weighted by Crippen LogP contribution is -2.37. The summed E-state index contributed by atoms with van der Waals surface area (Å²) >= 11 is 1.23. The number of thiazole rings is 1. The number of amides is 3. The van der Waals surface area contributed by atoms with Crippen LogP contribution >= 0.6 is 11.3 Å². The first-order chi connectivity index (χ1) is 8.78. The van der Waals surface area contributed by atoms with Gasteiger partial charge in [-0.05, 0) is 5.41 Å². The molecule has 0 aliphatic rings. The predicted octanol–water partition coefficient (Wildman–Crippen LogP) is 1.68. The standard InChI is InChI=1S/C11H15N3O4S/c1-11(2,6-8(16)17)5-7(15)13-9(18)14-10-12-3-4-19-10/h3-4H,5-6H2,1-2H3,(H,16,17)(H2,12,13,14,15,18). The highest BCUT2D eigenvalue weighted by Crippen LogP contribution is 2.24. The van der Waals surface area contributed by atoms with Crippen LogP contribution < -0.4 is 10.6 Å². The first-order valence-electron chi connectivity index (χ1n) is 5.51. The molecule has 3 N–H and O–H groups in total. The molecule has 0 fully saturated rings. The molecule has 1 aromatic rings. The summed E-state index contributed by atoms with van der Waals surface area (Å²) in [4.78, 5) is 37.5. The second-order valence-electron chi connectivity index (χ2n) is 4.75. The van der Waals surface area contributed by atoms with Crippen molar-refractivity contribution in [2.24, 2.45) is 5.41 Å². The number of imide groups is 1. The van der Waals surface area contributed by atoms with Gasteiger partial charge in [0.25, 0.3) is 0 Å². The molecular formula is C11H15N3O4S. The van der Waals surface area contributed by atoms with Crippen molar-refractivity contribution in [3.63, 3.8) is 0 Å². The number of nitrogens with one attached hydrogen (secondary N) is 2. The Morgan fingerprint density at radius 1 is 1.37 bits per heavy atom. The fourth-order valence-corrected chi connectivity index (χ4v) is 2.01. The van der Waals surface area contributed by atoms with E-state index in [4.69, 9.17) is 5.11 Å². The fourth-order valence-electron chi connectivity index (χ4n) is 1.49. The second kappa shape index (κ2) is 6.28. The van der Waals surface area contributed by atoms with Crippen LogP contribution in [0.25, 0.3) is 0 Å². The van der Waals surface area contributed by atoms with Gasteiger partial charge < -0.3 is 5.11 Å². The van der Waals surface area contributed by atoms with E-state index in [0.717, 1.165) is 0 Å². The van der Waals surface area contributed by atoms with Crippen LogP contribution in [0.2, 0.25) is 0 Å². The number of urea groups is 1. The van der Waals surface area contributed by atoms with E-state index in [1.807, 2.05) is 0 Å². The molecular weight excluding hydrogens is 270 g/mol. The molecule has 0 saturated heterocycles. The normalized spacial score (nSPS) is 10.8. The highest BCUT2D eigenvalue weighted by molar-refractivity contribution is 7.13. The molecule has 0 aliphatic heterocycles. The van der Waals surface area contributed by atoms with E-state index >= 15 is 0 Å². The summed E-state index contributed by atoms with van der Waals surface area (Å²) < 4.78 is 0. The molecule has 0 aromatic carbocycles. The SMILES string of the molecule is CC(C)(CC(=O)O)CC(=O)NC(=O)Nc1nccs1. The molecule has 0 radical (unpaired) electrons. The molecule has 104 valence electrons. The van der Waals surface area contributed by atoms with Crippen LogP contribution in [0.5, 0.6) is 0 Å². The van der Waals surface area contributed by atoms with Gasteiger partial charge in [-0.3, -0.25) is 20.2 Å². The van der Waals surface area contributed by atoms with Crippen LogP contribution in [-0.4, -0.2) is 28.0 Å². The minimum Gasteiger partial charge on any atom is -0.481 e. The summed E-state index contributed by atoms with van der Waals surface area (Å²) in [6.45, 7) is 3.30. The maximum absolute atomic E-state index is 11.6. The van der Waals surface area contributed by atoms with Gasteiger partial charge in [-0.15, -0.1) is 11.3 Å². The molecule has 1 rings (SSSR count). The van der Waals surface area contributed by atoms with Gasteiger partial charge in [-0.1, -0.05) is 13.8 Å². The lowest BCUT2D eigenvalue weighted by Gasteiger charge is -2.21. The second-order valence-corrected chi connectivity index (χ2v) is 5.65. The van der Waals surface area contributed by atoms with Gasteiger partial charge in [0.15, 0.2) is 5.13 Å². The van der Waals surface area contributed by atoms with Gasteiger partial charge in [-0.2, -0.15) is 0 Å². The van der Waals surface area contributed by atoms with Crippen molar-refractivity contribution in [3.8, 4) is 0 Å². The third kappa shape index (κ3) is 5.96. The molecule has 8 heteroatoms. The summed E-state index contributed by atoms with van der Waals surface area (Å²) in [6, 6.07) is -0.675. The predicted molar refractivity (Wildman–Crippen MR) is 69.9 cm³/mol. The van der Waals surface area contributed by atoms with Gasteiger partial charge in [0.1, 0.15) is 0 Å². The number of anilines is 1. The molecule has 0 aliphatic carbocycles. The summed E-state index contributed by atoms with van der Waals surface area (Å²) in [5, 5.41) is 15.3. The lowest BCUT2D eigenvalue weighted by atomic mass is 9.85. The Labute approximate surface area is 114 Å². The molecule has 0 saturated carbocycles. The molecule has 3 amide bonds. The summed E-state index contributed by atoms with van der Waals surface area (Å²) in [6.07, 6.45) is 1.33. The topological polar surface area (TPSA) is 108 Å². The van der Waals surface area contributed by atoms with Crippen LogP contribution in [-0.2, 0) is 9.59 Å². The molecule has 1 heterocycles. The highest BCUT2D eigenvalue weighted by atomic mass is 32.1. The lowest BCUT2D eigenvalue weighted by molar-refractivity contribution is -0.139. The van der Waals surface area contributed by atoms with E-state index in [-0.39, 0.29) is 12.8 Å². The molecule has 19 heavy (non-hydrogen) atoms. The number of nitrogens with zero attached hydrogens (tertiary/aromatic N) is 1. The minimum absolute atomic E-state index is 0.0510. The third-order valence-corrected chi connectivity index (χ3v) is 2.86. The van der Waals surface area contributed by atoms with Crippen molar-refractivity contribution in [1.29, 1.82) is 0 Å². The third-order valence-electron chi connectivity index (χ3n) is 2.17. The van der Waals surface area contributed by atoms with Crippen molar-refractivity contribution in [1.82, 2.24) is 10.3 Å². The minimum atomic E-state index is -0.981. The maximum Gasteiger partial charge on any atom is 0.327 e. The van der Waals surface area contributed by atoms with Crippen molar-refractivity contribution in [2.75, 3.05) is 5.32 Å². The zero-order chi connectivity index (χ0) is 14.5. The smallest absolute Gasteiger partial charge is 0.327 e. The van der Waals surface area contributed by atoms with Gasteiger partial charge in [0.2, 0.25) is 5.91 Å². The largest absolute Gasteiger partial charge is 0.481 e. The maximum atomic E-state index is 11.6. The Morgan fingerprint density at radius 3 is 2.58 bits per heavy atom. The Balaban J connectivity index is 2.42. The summed E-state index contributed by atoms with van der Waals surface area (Å²) in [5.74, 6) is -1.51. The Bertz CT molecular complexity index is 470. The average molecular weight is 285 g/mol. The number of carbonyl (C=O) groups is 3. The van der Waals surface area contributed by atoms with Crippen LogP contribution in [0, 0.1) is 5.41 Å². The van der Waals surface area contributed by atoms with Crippen LogP contribution in [0.3, 0.4) is 0 Å². The monoisotopic (exact) mass is 285 g/mol. The zero-order valence-corrected chi connectivity index (χ0v) is 11.4. The molecule has 0 spiro atoms. The quantitative estimate of drug-likeness (QED) is 0.762. The number of aromatic nitrogens is 1. The summed E-state index contributed by atoms with van der Waals surface area (Å²) in [5.41, 5.74) is -0.711. The first-order valence-corrected chi connectivity index (χ1v) is 6.38. The molecule has 0 unspecified atom stereocenters. The number of carboxylic acids is 1. The van der Waals surface area contributed by atoms with Crippen molar-refractivity contribution >= 4 is 34.4 Å². The fraction of sp³-hybridized carbons (Fsp3) is 0.455. The van der Waals surface area contributed by atoms with Gasteiger partial charge in [0, 0.05) is 18.0 Å². The number of carboxylic acid groups (broad SMARTS) is 1. The number of rotatable bonds is 5. The van der Waals surface area contributed by atoms with Crippen molar-refractivity contribution < 1.29 is 19.5 Å². The molecule has 7 nitrogen and oxygen atoms in total. The van der Waals surface area contributed by atoms with Gasteiger partial charge in [-0.25, -0.2) is 9.78 Å². The Kier molecular flexibility index (Phi) is 4.99. The van der Waals surface area contributed by atoms with Crippen LogP contribution in [0.15, 0.2) is 11.6 Å². The van der Waals surface area contributed by atoms with Crippen molar-refractivity contribution in [2.45, 2.75) is 26.7 Å². The van der Waals surface area contributed by atoms with E-state index in [9.17, 15) is 14.4 Å². The van der Waals surface area contributed by atoms with E-state index in [1.165, 1.54) is 17.5 Å². The molecule has 0 atom stereocenters. The first kappa shape index (κ1) is 15.1. The number of carbonyl (C=O) groups excluding carboxylic acids is 2. The summed E-state index contributed by atoms with van der Waals surface area (Å²) in [7, 11) is 0. The number of hydrogen-bond acceptors (Lipinski definition) is 5. The van der Waals surface area contributed by atoms with E-state index in [2.05, 4.69) is 15.6 Å². The highest BCUT2D eigenvalue weighted by Gasteiger charge is 2.26. The van der Waals surface area contributed by atoms with E-state index in [1.54, 1.807) is 19.2 Å². The zero-order valence-electron chi connectivity index (χ0n) is 10.6. The van der Waals surface area contributed by atoms with Crippen LogP contribution in [0.1, 0.15) is 26.7 Å².